The van der Waals surface area contributed by atoms with Gasteiger partial charge in [-0.15, -0.1) is 0 Å². The number of nitrogens with zero attached hydrogens (tertiary/aromatic N) is 5. The molecule has 9 nitrogen and oxygen atoms in total. The molecule has 2 aromatic heterocycles. The predicted octanol–water partition coefficient (Wildman–Crippen LogP) is 2.35. The quantitative estimate of drug-likeness (QED) is 0.507. The molecule has 3 aromatic rings. The largest absolute Gasteiger partial charge is 0.352 e. The summed E-state index contributed by atoms with van der Waals surface area (Å²) in [6, 6.07) is 6.52. The summed E-state index contributed by atoms with van der Waals surface area (Å²) in [6.07, 6.45) is 1.88. The smallest absolute Gasteiger partial charge is 0.271 e. The highest BCUT2D eigenvalue weighted by Crippen LogP contribution is 2.20. The van der Waals surface area contributed by atoms with Crippen molar-refractivity contribution < 1.29 is 9.72 Å². The molecule has 0 radical (unpaired) electrons. The van der Waals surface area contributed by atoms with Crippen molar-refractivity contribution in [1.82, 2.24) is 24.9 Å². The van der Waals surface area contributed by atoms with Gasteiger partial charge in [-0.2, -0.15) is 10.2 Å². The van der Waals surface area contributed by atoms with Crippen molar-refractivity contribution in [3.05, 3.63) is 52.0 Å². The molecule has 2 heterocycles. The van der Waals surface area contributed by atoms with Crippen molar-refractivity contribution in [2.75, 3.05) is 0 Å². The van der Waals surface area contributed by atoms with Crippen LogP contribution in [-0.4, -0.2) is 36.4 Å². The lowest BCUT2D eigenvalue weighted by Gasteiger charge is -2.15. The van der Waals surface area contributed by atoms with Crippen LogP contribution in [0, 0.1) is 24.0 Å². The third kappa shape index (κ3) is 4.30. The zero-order valence-electron chi connectivity index (χ0n) is 15.5. The Morgan fingerprint density at radius 3 is 2.74 bits per heavy atom. The number of benzene rings is 1. The minimum atomic E-state index is -0.440. The molecule has 0 spiro atoms. The Balaban J connectivity index is 1.59. The number of nitrogens with one attached hydrogen (secondary N) is 1. The molecule has 1 aromatic carbocycles. The minimum Gasteiger partial charge on any atom is -0.352 e. The number of aromatic nitrogens is 4. The number of hydrogen-bond donors (Lipinski definition) is 1. The maximum atomic E-state index is 12.3. The molecule has 0 aliphatic heterocycles. The maximum absolute atomic E-state index is 12.3. The van der Waals surface area contributed by atoms with Gasteiger partial charge in [-0.3, -0.25) is 24.3 Å². The molecule has 1 amide bonds. The standard InChI is InChI=1S/C18H22N6O3/c1-12-8-14(3)23(21-12)11-13(2)20-18(25)6-7-22-17-9-16(24(26)27)5-4-15(17)10-19-22/h4-5,8-10,13H,6-7,11H2,1-3H3,(H,20,25)/t13-/m0/s1. The van der Waals surface area contributed by atoms with Crippen LogP contribution >= 0.6 is 0 Å². The number of carbonyl (C=O) groups is 1. The monoisotopic (exact) mass is 370 g/mol. The zero-order chi connectivity index (χ0) is 19.6. The molecule has 0 aliphatic rings. The number of nitro benzene ring substituents is 1. The van der Waals surface area contributed by atoms with Crippen molar-refractivity contribution in [2.45, 2.75) is 46.3 Å². The number of nitro groups is 1. The Morgan fingerprint density at radius 1 is 1.30 bits per heavy atom. The van der Waals surface area contributed by atoms with E-state index >= 15 is 0 Å². The van der Waals surface area contributed by atoms with Crippen LogP contribution in [-0.2, 0) is 17.9 Å². The average molecular weight is 370 g/mol. The van der Waals surface area contributed by atoms with Gasteiger partial charge in [0.25, 0.3) is 5.69 Å². The maximum Gasteiger partial charge on any atom is 0.271 e. The van der Waals surface area contributed by atoms with Gasteiger partial charge in [0.2, 0.25) is 5.91 Å². The van der Waals surface area contributed by atoms with Gasteiger partial charge in [0.1, 0.15) is 0 Å². The lowest BCUT2D eigenvalue weighted by atomic mass is 10.2. The van der Waals surface area contributed by atoms with E-state index in [1.54, 1.807) is 16.9 Å². The summed E-state index contributed by atoms with van der Waals surface area (Å²) >= 11 is 0. The first-order valence-corrected chi connectivity index (χ1v) is 8.74. The average Bonchev–Trinajstić information content (AvgIpc) is 3.14. The fraction of sp³-hybridized carbons (Fsp3) is 0.389. The zero-order valence-corrected chi connectivity index (χ0v) is 15.5. The molecule has 9 heteroatoms. The Morgan fingerprint density at radius 2 is 2.07 bits per heavy atom. The summed E-state index contributed by atoms with van der Waals surface area (Å²) < 4.78 is 3.49. The molecule has 0 unspecified atom stereocenters. The van der Waals surface area contributed by atoms with Gasteiger partial charge in [0.15, 0.2) is 0 Å². The van der Waals surface area contributed by atoms with Gasteiger partial charge in [0.05, 0.1) is 35.4 Å². The number of non-ortho nitro benzene ring substituents is 1. The topological polar surface area (TPSA) is 108 Å². The molecule has 0 saturated carbocycles. The van der Waals surface area contributed by atoms with Crippen LogP contribution in [0.5, 0.6) is 0 Å². The van der Waals surface area contributed by atoms with Crippen LogP contribution < -0.4 is 5.32 Å². The SMILES string of the molecule is Cc1cc(C)n(C[C@H](C)NC(=O)CCn2ncc3ccc([N+](=O)[O-])cc32)n1. The van der Waals surface area contributed by atoms with E-state index in [1.165, 1.54) is 12.1 Å². The number of hydrogen-bond acceptors (Lipinski definition) is 5. The second kappa shape index (κ2) is 7.56. The summed E-state index contributed by atoms with van der Waals surface area (Å²) in [4.78, 5) is 22.8. The van der Waals surface area contributed by atoms with Crippen LogP contribution in [0.2, 0.25) is 0 Å². The Kier molecular flexibility index (Phi) is 5.20. The number of carbonyl (C=O) groups excluding carboxylic acids is 1. The molecule has 0 saturated heterocycles. The van der Waals surface area contributed by atoms with Gasteiger partial charge >= 0.3 is 0 Å². The second-order valence-corrected chi connectivity index (χ2v) is 6.70. The molecule has 27 heavy (non-hydrogen) atoms. The predicted molar refractivity (Wildman–Crippen MR) is 100 cm³/mol. The third-order valence-electron chi connectivity index (χ3n) is 4.35. The lowest BCUT2D eigenvalue weighted by Crippen LogP contribution is -2.36. The van der Waals surface area contributed by atoms with E-state index in [0.717, 1.165) is 16.8 Å². The van der Waals surface area contributed by atoms with Crippen LogP contribution in [0.4, 0.5) is 5.69 Å². The van der Waals surface area contributed by atoms with E-state index in [0.29, 0.717) is 18.6 Å². The number of amides is 1. The molecule has 0 aliphatic carbocycles. The van der Waals surface area contributed by atoms with Crippen LogP contribution in [0.25, 0.3) is 10.9 Å². The highest BCUT2D eigenvalue weighted by molar-refractivity contribution is 5.81. The lowest BCUT2D eigenvalue weighted by molar-refractivity contribution is -0.384. The van der Waals surface area contributed by atoms with Gasteiger partial charge in [-0.1, -0.05) is 0 Å². The number of rotatable bonds is 7. The van der Waals surface area contributed by atoms with Crippen molar-refractivity contribution in [3.8, 4) is 0 Å². The normalized spacial score (nSPS) is 12.3. The summed E-state index contributed by atoms with van der Waals surface area (Å²) in [5.74, 6) is -0.0990. The second-order valence-electron chi connectivity index (χ2n) is 6.70. The summed E-state index contributed by atoms with van der Waals surface area (Å²) in [5, 5.41) is 23.3. The summed E-state index contributed by atoms with van der Waals surface area (Å²) in [5.41, 5.74) is 2.66. The van der Waals surface area contributed by atoms with Crippen LogP contribution in [0.15, 0.2) is 30.5 Å². The van der Waals surface area contributed by atoms with E-state index < -0.39 is 4.92 Å². The van der Waals surface area contributed by atoms with E-state index in [9.17, 15) is 14.9 Å². The van der Waals surface area contributed by atoms with E-state index in [4.69, 9.17) is 0 Å². The van der Waals surface area contributed by atoms with Crippen molar-refractivity contribution in [2.24, 2.45) is 0 Å². The Bertz CT molecular complexity index is 990. The first-order chi connectivity index (χ1) is 12.8. The Labute approximate surface area is 156 Å². The molecule has 0 bridgehead atoms. The summed E-state index contributed by atoms with van der Waals surface area (Å²) in [7, 11) is 0. The van der Waals surface area contributed by atoms with Gasteiger partial charge in [0, 0.05) is 35.7 Å². The molecular weight excluding hydrogens is 348 g/mol. The van der Waals surface area contributed by atoms with Crippen molar-refractivity contribution in [3.63, 3.8) is 0 Å². The van der Waals surface area contributed by atoms with Gasteiger partial charge in [-0.25, -0.2) is 0 Å². The number of fused-ring (bicyclic) bond motifs is 1. The van der Waals surface area contributed by atoms with Crippen molar-refractivity contribution >= 4 is 22.5 Å². The van der Waals surface area contributed by atoms with E-state index in [1.807, 2.05) is 31.5 Å². The van der Waals surface area contributed by atoms with E-state index in [2.05, 4.69) is 15.5 Å². The first kappa shape index (κ1) is 18.6. The van der Waals surface area contributed by atoms with Crippen LogP contribution in [0.1, 0.15) is 24.7 Å². The van der Waals surface area contributed by atoms with Gasteiger partial charge < -0.3 is 5.32 Å². The van der Waals surface area contributed by atoms with E-state index in [-0.39, 0.29) is 24.1 Å². The fourth-order valence-corrected chi connectivity index (χ4v) is 3.07. The first-order valence-electron chi connectivity index (χ1n) is 8.74. The molecule has 142 valence electrons. The molecule has 3 rings (SSSR count). The number of aryl methyl sites for hydroxylation is 3. The van der Waals surface area contributed by atoms with Crippen molar-refractivity contribution in [1.29, 1.82) is 0 Å². The fourth-order valence-electron chi connectivity index (χ4n) is 3.07. The molecule has 1 N–H and O–H groups in total. The van der Waals surface area contributed by atoms with Gasteiger partial charge in [-0.05, 0) is 32.9 Å². The molecule has 1 atom stereocenters. The minimum absolute atomic E-state index is 0.00668. The Hall–Kier alpha value is -3.23. The molecule has 0 fully saturated rings. The highest BCUT2D eigenvalue weighted by atomic mass is 16.6. The third-order valence-corrected chi connectivity index (χ3v) is 4.35. The highest BCUT2D eigenvalue weighted by Gasteiger charge is 2.13. The summed E-state index contributed by atoms with van der Waals surface area (Å²) in [6.45, 7) is 6.80. The molecular formula is C18H22N6O3. The van der Waals surface area contributed by atoms with Crippen LogP contribution in [0.3, 0.4) is 0 Å².